The quantitative estimate of drug-likeness (QED) is 0.471. The number of carbonyl (C=O) groups is 2. The van der Waals surface area contributed by atoms with Crippen molar-refractivity contribution in [2.24, 2.45) is 0 Å². The van der Waals surface area contributed by atoms with Crippen molar-refractivity contribution in [2.45, 2.75) is 11.5 Å². The lowest BCUT2D eigenvalue weighted by Crippen LogP contribution is -2.16. The van der Waals surface area contributed by atoms with Crippen LogP contribution < -0.4 is 5.32 Å². The SMILES string of the molecule is COC(=O)c1ccc(-n2nc3c(c2NC(=O)c2cccc4ccccc24)CSC3)cc1. The molecule has 0 aliphatic carbocycles. The maximum absolute atomic E-state index is 13.3. The average molecular weight is 430 g/mol. The van der Waals surface area contributed by atoms with Gasteiger partial charge in [-0.05, 0) is 41.1 Å². The Labute approximate surface area is 183 Å². The number of methoxy groups -OCH3 is 1. The van der Waals surface area contributed by atoms with Crippen LogP contribution in [0, 0.1) is 0 Å². The molecule has 4 aromatic rings. The highest BCUT2D eigenvalue weighted by molar-refractivity contribution is 7.98. The van der Waals surface area contributed by atoms with E-state index in [1.165, 1.54) is 7.11 Å². The molecule has 31 heavy (non-hydrogen) atoms. The lowest BCUT2D eigenvalue weighted by Gasteiger charge is -2.12. The van der Waals surface area contributed by atoms with E-state index >= 15 is 0 Å². The first-order valence-corrected chi connectivity index (χ1v) is 11.0. The van der Waals surface area contributed by atoms with Crippen LogP contribution in [0.2, 0.25) is 0 Å². The molecule has 5 rings (SSSR count). The second-order valence-electron chi connectivity index (χ2n) is 7.20. The average Bonchev–Trinajstić information content (AvgIpc) is 3.41. The molecule has 0 atom stereocenters. The van der Waals surface area contributed by atoms with Gasteiger partial charge in [-0.15, -0.1) is 0 Å². The summed E-state index contributed by atoms with van der Waals surface area (Å²) in [5.74, 6) is 1.70. The standard InChI is InChI=1S/C24H19N3O3S/c1-30-24(29)16-9-11-17(12-10-16)27-22(20-13-31-14-21(20)26-27)25-23(28)19-8-4-6-15-5-2-3-7-18(15)19/h2-12H,13-14H2,1H3,(H,25,28). The number of thioether (sulfide) groups is 1. The molecule has 6 nitrogen and oxygen atoms in total. The van der Waals surface area contributed by atoms with Gasteiger partial charge in [0.15, 0.2) is 0 Å². The van der Waals surface area contributed by atoms with Crippen molar-refractivity contribution in [3.63, 3.8) is 0 Å². The molecular formula is C24H19N3O3S. The number of hydrogen-bond donors (Lipinski definition) is 1. The van der Waals surface area contributed by atoms with Gasteiger partial charge in [-0.1, -0.05) is 36.4 Å². The van der Waals surface area contributed by atoms with E-state index in [-0.39, 0.29) is 5.91 Å². The molecule has 0 bridgehead atoms. The summed E-state index contributed by atoms with van der Waals surface area (Å²) >= 11 is 1.77. The molecule has 0 saturated heterocycles. The number of aromatic nitrogens is 2. The first-order valence-electron chi connectivity index (χ1n) is 9.82. The van der Waals surface area contributed by atoms with Crippen molar-refractivity contribution in [2.75, 3.05) is 12.4 Å². The lowest BCUT2D eigenvalue weighted by molar-refractivity contribution is 0.0600. The second-order valence-corrected chi connectivity index (χ2v) is 8.18. The summed E-state index contributed by atoms with van der Waals surface area (Å²) in [4.78, 5) is 25.0. The van der Waals surface area contributed by atoms with Gasteiger partial charge in [0.1, 0.15) is 5.82 Å². The minimum Gasteiger partial charge on any atom is -0.465 e. The Morgan fingerprint density at radius 3 is 2.58 bits per heavy atom. The van der Waals surface area contributed by atoms with Crippen LogP contribution >= 0.6 is 11.8 Å². The molecule has 0 unspecified atom stereocenters. The molecule has 0 radical (unpaired) electrons. The first kappa shape index (κ1) is 19.4. The molecule has 2 heterocycles. The van der Waals surface area contributed by atoms with E-state index in [0.717, 1.165) is 39.2 Å². The molecule has 1 aromatic heterocycles. The Balaban J connectivity index is 1.54. The van der Waals surface area contributed by atoms with E-state index in [1.807, 2.05) is 42.5 Å². The molecule has 3 aromatic carbocycles. The van der Waals surface area contributed by atoms with E-state index in [9.17, 15) is 9.59 Å². The third-order valence-corrected chi connectivity index (χ3v) is 6.32. The summed E-state index contributed by atoms with van der Waals surface area (Å²) < 4.78 is 6.52. The summed E-state index contributed by atoms with van der Waals surface area (Å²) in [5, 5.41) is 9.75. The summed E-state index contributed by atoms with van der Waals surface area (Å²) in [6.07, 6.45) is 0. The van der Waals surface area contributed by atoms with Crippen LogP contribution in [0.25, 0.3) is 16.5 Å². The number of hydrogen-bond acceptors (Lipinski definition) is 5. The van der Waals surface area contributed by atoms with Gasteiger partial charge < -0.3 is 10.1 Å². The number of amides is 1. The molecule has 1 N–H and O–H groups in total. The molecule has 0 spiro atoms. The molecule has 7 heteroatoms. The van der Waals surface area contributed by atoms with Crippen molar-refractivity contribution in [1.82, 2.24) is 9.78 Å². The van der Waals surface area contributed by atoms with Crippen molar-refractivity contribution < 1.29 is 14.3 Å². The number of rotatable bonds is 4. The molecule has 1 aliphatic heterocycles. The predicted molar refractivity (Wildman–Crippen MR) is 122 cm³/mol. The highest BCUT2D eigenvalue weighted by Gasteiger charge is 2.25. The third kappa shape index (κ3) is 3.47. The normalized spacial score (nSPS) is 12.5. The van der Waals surface area contributed by atoms with Gasteiger partial charge in [0, 0.05) is 22.6 Å². The predicted octanol–water partition coefficient (Wildman–Crippen LogP) is 4.81. The van der Waals surface area contributed by atoms with Crippen molar-refractivity contribution in [1.29, 1.82) is 0 Å². The van der Waals surface area contributed by atoms with Crippen LogP contribution in [-0.4, -0.2) is 28.8 Å². The fourth-order valence-electron chi connectivity index (χ4n) is 3.78. The van der Waals surface area contributed by atoms with Gasteiger partial charge in [-0.25, -0.2) is 9.48 Å². The third-order valence-electron chi connectivity index (χ3n) is 5.35. The Hall–Kier alpha value is -3.58. The van der Waals surface area contributed by atoms with Crippen molar-refractivity contribution in [3.8, 4) is 5.69 Å². The largest absolute Gasteiger partial charge is 0.465 e. The van der Waals surface area contributed by atoms with E-state index in [2.05, 4.69) is 5.32 Å². The summed E-state index contributed by atoms with van der Waals surface area (Å²) in [6.45, 7) is 0. The Morgan fingerprint density at radius 2 is 1.77 bits per heavy atom. The zero-order valence-corrected chi connectivity index (χ0v) is 17.6. The smallest absolute Gasteiger partial charge is 0.337 e. The molecule has 1 amide bonds. The van der Waals surface area contributed by atoms with Gasteiger partial charge in [0.25, 0.3) is 5.91 Å². The lowest BCUT2D eigenvalue weighted by atomic mass is 10.0. The fraction of sp³-hybridized carbons (Fsp3) is 0.125. The minimum absolute atomic E-state index is 0.177. The molecule has 0 saturated carbocycles. The highest BCUT2D eigenvalue weighted by atomic mass is 32.2. The number of fused-ring (bicyclic) bond motifs is 2. The van der Waals surface area contributed by atoms with E-state index in [4.69, 9.17) is 9.84 Å². The maximum Gasteiger partial charge on any atom is 0.337 e. The zero-order chi connectivity index (χ0) is 21.4. The second kappa shape index (κ2) is 7.92. The monoisotopic (exact) mass is 429 g/mol. The van der Waals surface area contributed by atoms with Gasteiger partial charge >= 0.3 is 5.97 Å². The number of anilines is 1. The number of esters is 1. The van der Waals surface area contributed by atoms with Crippen LogP contribution in [0.3, 0.4) is 0 Å². The van der Waals surface area contributed by atoms with Crippen LogP contribution in [0.5, 0.6) is 0 Å². The number of nitrogens with zero attached hydrogens (tertiary/aromatic N) is 2. The van der Waals surface area contributed by atoms with E-state index in [0.29, 0.717) is 16.9 Å². The summed E-state index contributed by atoms with van der Waals surface area (Å²) in [5.41, 5.74) is 3.85. The van der Waals surface area contributed by atoms with Crippen LogP contribution in [0.1, 0.15) is 32.0 Å². The molecule has 1 aliphatic rings. The van der Waals surface area contributed by atoms with Gasteiger partial charge in [0.2, 0.25) is 0 Å². The van der Waals surface area contributed by atoms with Crippen LogP contribution in [0.4, 0.5) is 5.82 Å². The minimum atomic E-state index is -0.393. The molecule has 154 valence electrons. The Morgan fingerprint density at radius 1 is 1.00 bits per heavy atom. The zero-order valence-electron chi connectivity index (χ0n) is 16.8. The van der Waals surface area contributed by atoms with Gasteiger partial charge in [-0.3, -0.25) is 4.79 Å². The molecule has 0 fully saturated rings. The Bertz CT molecular complexity index is 1310. The van der Waals surface area contributed by atoms with Crippen LogP contribution in [0.15, 0.2) is 66.7 Å². The van der Waals surface area contributed by atoms with Crippen molar-refractivity contribution >= 4 is 40.2 Å². The number of ether oxygens (including phenoxy) is 1. The number of carbonyl (C=O) groups excluding carboxylic acids is 2. The Kier molecular flexibility index (Phi) is 4.95. The van der Waals surface area contributed by atoms with Gasteiger partial charge in [0.05, 0.1) is 24.1 Å². The number of benzene rings is 3. The van der Waals surface area contributed by atoms with Crippen LogP contribution in [-0.2, 0) is 16.2 Å². The van der Waals surface area contributed by atoms with Crippen molar-refractivity contribution in [3.05, 3.63) is 89.1 Å². The fourth-order valence-corrected chi connectivity index (χ4v) is 4.82. The van der Waals surface area contributed by atoms with Gasteiger partial charge in [-0.2, -0.15) is 16.9 Å². The van der Waals surface area contributed by atoms with E-state index < -0.39 is 5.97 Å². The number of nitrogens with one attached hydrogen (secondary N) is 1. The first-order chi connectivity index (χ1) is 15.2. The maximum atomic E-state index is 13.3. The molecular weight excluding hydrogens is 410 g/mol. The topological polar surface area (TPSA) is 73.2 Å². The highest BCUT2D eigenvalue weighted by Crippen LogP contribution is 2.36. The summed E-state index contributed by atoms with van der Waals surface area (Å²) in [7, 11) is 1.35. The summed E-state index contributed by atoms with van der Waals surface area (Å²) in [6, 6.07) is 20.5. The van der Waals surface area contributed by atoms with E-state index in [1.54, 1.807) is 40.7 Å².